The number of aryl methyl sites for hydroxylation is 1. The van der Waals surface area contributed by atoms with Crippen LogP contribution in [-0.4, -0.2) is 61.0 Å². The predicted octanol–water partition coefficient (Wildman–Crippen LogP) is 1.18. The number of hydrogen-bond donors (Lipinski definition) is 1. The van der Waals surface area contributed by atoms with E-state index in [0.29, 0.717) is 11.7 Å². The van der Waals surface area contributed by atoms with Crippen LogP contribution in [0.4, 0.5) is 0 Å². The van der Waals surface area contributed by atoms with E-state index in [1.54, 1.807) is 0 Å². The summed E-state index contributed by atoms with van der Waals surface area (Å²) in [5, 5.41) is 11.9. The average molecular weight is 357 g/mol. The minimum absolute atomic E-state index is 0.0142. The fourth-order valence-electron chi connectivity index (χ4n) is 4.21. The maximum absolute atomic E-state index is 13.2. The molecule has 4 rings (SSSR count). The Hall–Kier alpha value is -2.22. The van der Waals surface area contributed by atoms with Gasteiger partial charge in [-0.05, 0) is 32.7 Å². The standard InChI is InChI=1S/C18H27N7O/c1-3-16-20-8-10-23(16)12-15-5-4-9-24(15)18(26)17-13(2)25(22-21-17)14-6-7-19-11-14/h8,10,14-15,19H,3-7,9,11-12H2,1-2H3/t14?,15-/m1/s1. The number of imidazole rings is 1. The van der Waals surface area contributed by atoms with Gasteiger partial charge in [-0.2, -0.15) is 0 Å². The van der Waals surface area contributed by atoms with Crippen molar-refractivity contribution in [2.45, 2.75) is 58.2 Å². The lowest BCUT2D eigenvalue weighted by Crippen LogP contribution is -2.38. The minimum atomic E-state index is 0.0142. The van der Waals surface area contributed by atoms with E-state index in [4.69, 9.17) is 0 Å². The van der Waals surface area contributed by atoms with E-state index >= 15 is 0 Å². The highest BCUT2D eigenvalue weighted by molar-refractivity contribution is 5.93. The number of hydrogen-bond acceptors (Lipinski definition) is 5. The van der Waals surface area contributed by atoms with Gasteiger partial charge in [0.15, 0.2) is 5.69 Å². The third kappa shape index (κ3) is 3.02. The monoisotopic (exact) mass is 357 g/mol. The van der Waals surface area contributed by atoms with Gasteiger partial charge in [-0.3, -0.25) is 4.79 Å². The summed E-state index contributed by atoms with van der Waals surface area (Å²) in [6.45, 7) is 7.54. The highest BCUT2D eigenvalue weighted by Crippen LogP contribution is 2.24. The van der Waals surface area contributed by atoms with Crippen LogP contribution >= 0.6 is 0 Å². The maximum Gasteiger partial charge on any atom is 0.276 e. The topological polar surface area (TPSA) is 80.9 Å². The van der Waals surface area contributed by atoms with Gasteiger partial charge in [0.05, 0.1) is 17.8 Å². The molecule has 140 valence electrons. The second-order valence-electron chi connectivity index (χ2n) is 7.26. The van der Waals surface area contributed by atoms with Crippen molar-refractivity contribution in [3.63, 3.8) is 0 Å². The molecule has 2 saturated heterocycles. The summed E-state index contributed by atoms with van der Waals surface area (Å²) in [5.74, 6) is 1.08. The molecule has 0 spiro atoms. The van der Waals surface area contributed by atoms with Crippen LogP contribution in [0.2, 0.25) is 0 Å². The molecule has 0 aliphatic carbocycles. The average Bonchev–Trinajstić information content (AvgIpc) is 3.42. The molecule has 2 fully saturated rings. The number of aromatic nitrogens is 5. The highest BCUT2D eigenvalue weighted by Gasteiger charge is 2.33. The third-order valence-electron chi connectivity index (χ3n) is 5.67. The molecule has 1 amide bonds. The summed E-state index contributed by atoms with van der Waals surface area (Å²) in [7, 11) is 0. The molecule has 2 aromatic heterocycles. The van der Waals surface area contributed by atoms with Crippen molar-refractivity contribution in [1.82, 2.24) is 34.8 Å². The zero-order valence-corrected chi connectivity index (χ0v) is 15.6. The maximum atomic E-state index is 13.2. The number of carbonyl (C=O) groups excluding carboxylic acids is 1. The Bertz CT molecular complexity index is 774. The van der Waals surface area contributed by atoms with Crippen molar-refractivity contribution in [2.24, 2.45) is 0 Å². The van der Waals surface area contributed by atoms with E-state index in [0.717, 1.165) is 63.4 Å². The van der Waals surface area contributed by atoms with E-state index in [1.807, 2.05) is 28.9 Å². The van der Waals surface area contributed by atoms with Crippen molar-refractivity contribution < 1.29 is 4.79 Å². The first-order valence-corrected chi connectivity index (χ1v) is 9.62. The van der Waals surface area contributed by atoms with Gasteiger partial charge in [-0.1, -0.05) is 12.1 Å². The van der Waals surface area contributed by atoms with Gasteiger partial charge >= 0.3 is 0 Å². The molecule has 0 saturated carbocycles. The molecule has 1 N–H and O–H groups in total. The van der Waals surface area contributed by atoms with Crippen LogP contribution in [0.1, 0.15) is 54.2 Å². The molecule has 26 heavy (non-hydrogen) atoms. The normalized spacial score (nSPS) is 23.1. The van der Waals surface area contributed by atoms with Gasteiger partial charge in [0.2, 0.25) is 0 Å². The van der Waals surface area contributed by atoms with Crippen LogP contribution in [0, 0.1) is 6.92 Å². The van der Waals surface area contributed by atoms with Crippen molar-refractivity contribution in [3.8, 4) is 0 Å². The number of nitrogens with zero attached hydrogens (tertiary/aromatic N) is 6. The van der Waals surface area contributed by atoms with Gasteiger partial charge in [0, 0.05) is 38.4 Å². The first-order chi connectivity index (χ1) is 12.7. The van der Waals surface area contributed by atoms with Crippen molar-refractivity contribution in [2.75, 3.05) is 19.6 Å². The second kappa shape index (κ2) is 7.19. The largest absolute Gasteiger partial charge is 0.333 e. The fourth-order valence-corrected chi connectivity index (χ4v) is 4.21. The van der Waals surface area contributed by atoms with Crippen LogP contribution in [0.15, 0.2) is 12.4 Å². The summed E-state index contributed by atoms with van der Waals surface area (Å²) in [6, 6.07) is 0.496. The Kier molecular flexibility index (Phi) is 4.76. The van der Waals surface area contributed by atoms with Gasteiger partial charge in [0.1, 0.15) is 5.82 Å². The molecule has 1 unspecified atom stereocenters. The lowest BCUT2D eigenvalue weighted by molar-refractivity contribution is 0.0716. The van der Waals surface area contributed by atoms with Crippen LogP contribution in [0.5, 0.6) is 0 Å². The van der Waals surface area contributed by atoms with Gasteiger partial charge in [-0.15, -0.1) is 5.10 Å². The zero-order chi connectivity index (χ0) is 18.1. The number of amides is 1. The lowest BCUT2D eigenvalue weighted by Gasteiger charge is -2.25. The first kappa shape index (κ1) is 17.2. The molecule has 0 aromatic carbocycles. The van der Waals surface area contributed by atoms with Crippen LogP contribution in [0.25, 0.3) is 0 Å². The predicted molar refractivity (Wildman–Crippen MR) is 96.9 cm³/mol. The second-order valence-corrected chi connectivity index (χ2v) is 7.26. The van der Waals surface area contributed by atoms with Crippen LogP contribution < -0.4 is 5.32 Å². The molecule has 2 atom stereocenters. The Balaban J connectivity index is 1.52. The van der Waals surface area contributed by atoms with Gasteiger partial charge in [-0.25, -0.2) is 9.67 Å². The molecular weight excluding hydrogens is 330 g/mol. The summed E-state index contributed by atoms with van der Waals surface area (Å²) < 4.78 is 4.09. The molecule has 2 aliphatic heterocycles. The Morgan fingerprint density at radius 3 is 3.04 bits per heavy atom. The number of likely N-dealkylation sites (tertiary alicyclic amines) is 1. The van der Waals surface area contributed by atoms with E-state index in [1.165, 1.54) is 0 Å². The third-order valence-corrected chi connectivity index (χ3v) is 5.67. The van der Waals surface area contributed by atoms with Gasteiger partial charge in [0.25, 0.3) is 5.91 Å². The summed E-state index contributed by atoms with van der Waals surface area (Å²) in [6.07, 6.45) is 7.83. The van der Waals surface area contributed by atoms with Crippen molar-refractivity contribution in [3.05, 3.63) is 29.6 Å². The quantitative estimate of drug-likeness (QED) is 0.869. The first-order valence-electron chi connectivity index (χ1n) is 9.62. The van der Waals surface area contributed by atoms with E-state index < -0.39 is 0 Å². The molecule has 8 nitrogen and oxygen atoms in total. The molecule has 0 radical (unpaired) electrons. The molecule has 8 heteroatoms. The molecule has 2 aromatic rings. The smallest absolute Gasteiger partial charge is 0.276 e. The lowest BCUT2D eigenvalue weighted by atomic mass is 10.2. The van der Waals surface area contributed by atoms with E-state index in [-0.39, 0.29) is 11.9 Å². The number of carbonyl (C=O) groups is 1. The highest BCUT2D eigenvalue weighted by atomic mass is 16.2. The SMILES string of the molecule is CCc1nccn1C[C@H]1CCCN1C(=O)c1nnn(C2CCNC2)c1C. The Morgan fingerprint density at radius 2 is 2.27 bits per heavy atom. The fraction of sp³-hybridized carbons (Fsp3) is 0.667. The van der Waals surface area contributed by atoms with Crippen molar-refractivity contribution >= 4 is 5.91 Å². The summed E-state index contributed by atoms with van der Waals surface area (Å²) in [5.41, 5.74) is 1.39. The molecular formula is C18H27N7O. The van der Waals surface area contributed by atoms with Crippen LogP contribution in [0.3, 0.4) is 0 Å². The molecule has 4 heterocycles. The van der Waals surface area contributed by atoms with E-state index in [2.05, 4.69) is 32.1 Å². The van der Waals surface area contributed by atoms with Crippen molar-refractivity contribution in [1.29, 1.82) is 0 Å². The molecule has 0 bridgehead atoms. The minimum Gasteiger partial charge on any atom is -0.333 e. The zero-order valence-electron chi connectivity index (χ0n) is 15.6. The summed E-state index contributed by atoms with van der Waals surface area (Å²) >= 11 is 0. The molecule has 2 aliphatic rings. The Morgan fingerprint density at radius 1 is 1.38 bits per heavy atom. The summed E-state index contributed by atoms with van der Waals surface area (Å²) in [4.78, 5) is 19.5. The number of rotatable bonds is 5. The Labute approximate surface area is 153 Å². The van der Waals surface area contributed by atoms with Gasteiger partial charge < -0.3 is 14.8 Å². The van der Waals surface area contributed by atoms with E-state index in [9.17, 15) is 4.79 Å². The number of nitrogens with one attached hydrogen (secondary N) is 1. The van der Waals surface area contributed by atoms with Crippen LogP contribution in [-0.2, 0) is 13.0 Å².